The number of nitrogens with one attached hydrogen (secondary N) is 1. The molecule has 0 aliphatic carbocycles. The van der Waals surface area contributed by atoms with Gasteiger partial charge in [0.15, 0.2) is 0 Å². The molecule has 0 atom stereocenters. The number of pyridine rings is 1. The number of alkyl halides is 2. The number of hydrogen-bond donors (Lipinski definition) is 2. The Morgan fingerprint density at radius 1 is 1.53 bits per heavy atom. The molecule has 0 radical (unpaired) electrons. The molecular weight excluding hydrogens is 215 g/mol. The third kappa shape index (κ3) is 2.58. The number of aromatic nitrogens is 1. The number of carbonyl (C=O) groups is 1. The first-order chi connectivity index (χ1) is 6.91. The SMILES string of the molecule is O=C(O)Cc1[nH]c(=O)c(C(F)F)cc1F. The molecule has 0 aromatic carbocycles. The summed E-state index contributed by atoms with van der Waals surface area (Å²) in [5.41, 5.74) is -2.71. The molecule has 1 aromatic heterocycles. The number of hydrogen-bond acceptors (Lipinski definition) is 2. The summed E-state index contributed by atoms with van der Waals surface area (Å²) in [6.45, 7) is 0. The lowest BCUT2D eigenvalue weighted by Crippen LogP contribution is -2.18. The number of halogens is 3. The summed E-state index contributed by atoms with van der Waals surface area (Å²) in [7, 11) is 0. The highest BCUT2D eigenvalue weighted by Gasteiger charge is 2.17. The average molecular weight is 221 g/mol. The highest BCUT2D eigenvalue weighted by Crippen LogP contribution is 2.16. The minimum atomic E-state index is -3.10. The van der Waals surface area contributed by atoms with E-state index in [-0.39, 0.29) is 0 Å². The third-order valence-corrected chi connectivity index (χ3v) is 1.66. The van der Waals surface area contributed by atoms with Gasteiger partial charge >= 0.3 is 5.97 Å². The second kappa shape index (κ2) is 4.16. The smallest absolute Gasteiger partial charge is 0.309 e. The van der Waals surface area contributed by atoms with E-state index in [0.29, 0.717) is 6.07 Å². The standard InChI is InChI=1S/C8H6F3NO3/c9-4-1-3(7(10)11)8(15)12-5(4)2-6(13)14/h1,7H,2H2,(H,12,15)(H,13,14). The van der Waals surface area contributed by atoms with Crippen LogP contribution in [0.4, 0.5) is 13.2 Å². The Bertz CT molecular complexity index is 441. The van der Waals surface area contributed by atoms with Crippen LogP contribution in [-0.4, -0.2) is 16.1 Å². The van der Waals surface area contributed by atoms with Gasteiger partial charge in [0.05, 0.1) is 17.7 Å². The number of aromatic amines is 1. The van der Waals surface area contributed by atoms with Crippen molar-refractivity contribution in [2.24, 2.45) is 0 Å². The zero-order valence-electron chi connectivity index (χ0n) is 7.26. The molecule has 7 heteroatoms. The van der Waals surface area contributed by atoms with Crippen molar-refractivity contribution in [2.45, 2.75) is 12.8 Å². The fourth-order valence-electron chi connectivity index (χ4n) is 1.00. The van der Waals surface area contributed by atoms with Crippen LogP contribution in [0.5, 0.6) is 0 Å². The highest BCUT2D eigenvalue weighted by atomic mass is 19.3. The second-order valence-corrected chi connectivity index (χ2v) is 2.75. The number of aliphatic carboxylic acids is 1. The highest BCUT2D eigenvalue weighted by molar-refractivity contribution is 5.69. The van der Waals surface area contributed by atoms with Crippen LogP contribution < -0.4 is 5.56 Å². The van der Waals surface area contributed by atoms with Crippen molar-refractivity contribution in [1.82, 2.24) is 4.98 Å². The van der Waals surface area contributed by atoms with Gasteiger partial charge in [-0.25, -0.2) is 13.2 Å². The van der Waals surface area contributed by atoms with Gasteiger partial charge in [0, 0.05) is 0 Å². The van der Waals surface area contributed by atoms with E-state index in [9.17, 15) is 22.8 Å². The maximum absolute atomic E-state index is 13.0. The number of rotatable bonds is 3. The fraction of sp³-hybridized carbons (Fsp3) is 0.250. The topological polar surface area (TPSA) is 70.2 Å². The minimum Gasteiger partial charge on any atom is -0.481 e. The van der Waals surface area contributed by atoms with Gasteiger partial charge in [-0.3, -0.25) is 9.59 Å². The Morgan fingerprint density at radius 2 is 2.13 bits per heavy atom. The van der Waals surface area contributed by atoms with Gasteiger partial charge in [-0.1, -0.05) is 0 Å². The zero-order chi connectivity index (χ0) is 11.6. The van der Waals surface area contributed by atoms with Crippen molar-refractivity contribution in [3.63, 3.8) is 0 Å². The van der Waals surface area contributed by atoms with Crippen molar-refractivity contribution in [3.05, 3.63) is 33.5 Å². The Kier molecular flexibility index (Phi) is 3.13. The lowest BCUT2D eigenvalue weighted by Gasteiger charge is -2.02. The molecule has 0 saturated carbocycles. The Morgan fingerprint density at radius 3 is 2.60 bits per heavy atom. The first-order valence-electron chi connectivity index (χ1n) is 3.83. The molecule has 4 nitrogen and oxygen atoms in total. The second-order valence-electron chi connectivity index (χ2n) is 2.75. The fourth-order valence-corrected chi connectivity index (χ4v) is 1.00. The van der Waals surface area contributed by atoms with Gasteiger partial charge in [0.25, 0.3) is 12.0 Å². The molecule has 2 N–H and O–H groups in total. The van der Waals surface area contributed by atoms with E-state index in [2.05, 4.69) is 0 Å². The maximum Gasteiger partial charge on any atom is 0.309 e. The predicted octanol–water partition coefficient (Wildman–Crippen LogP) is 1.08. The van der Waals surface area contributed by atoms with Gasteiger partial charge in [0.1, 0.15) is 5.82 Å². The monoisotopic (exact) mass is 221 g/mol. The van der Waals surface area contributed by atoms with E-state index in [1.165, 1.54) is 0 Å². The summed E-state index contributed by atoms with van der Waals surface area (Å²) in [5, 5.41) is 8.32. The van der Waals surface area contributed by atoms with Crippen LogP contribution in [0.1, 0.15) is 17.7 Å². The molecule has 0 unspecified atom stereocenters. The first kappa shape index (κ1) is 11.3. The Balaban J connectivity index is 3.20. The molecule has 1 aromatic rings. The number of H-pyrrole nitrogens is 1. The average Bonchev–Trinajstić information content (AvgIpc) is 2.09. The summed E-state index contributed by atoms with van der Waals surface area (Å²) in [4.78, 5) is 22.9. The van der Waals surface area contributed by atoms with Crippen LogP contribution in [0.2, 0.25) is 0 Å². The summed E-state index contributed by atoms with van der Waals surface area (Å²) in [6.07, 6.45) is -3.85. The van der Waals surface area contributed by atoms with Crippen molar-refractivity contribution >= 4 is 5.97 Å². The van der Waals surface area contributed by atoms with Crippen molar-refractivity contribution in [2.75, 3.05) is 0 Å². The van der Waals surface area contributed by atoms with E-state index in [1.54, 1.807) is 4.98 Å². The lowest BCUT2D eigenvalue weighted by molar-refractivity contribution is -0.136. The van der Waals surface area contributed by atoms with Crippen LogP contribution in [0, 0.1) is 5.82 Å². The molecule has 15 heavy (non-hydrogen) atoms. The summed E-state index contributed by atoms with van der Waals surface area (Å²) < 4.78 is 37.2. The normalized spacial score (nSPS) is 10.7. The molecule has 0 spiro atoms. The minimum absolute atomic E-state index is 0.349. The Labute approximate surface area is 81.4 Å². The quantitative estimate of drug-likeness (QED) is 0.802. The van der Waals surface area contributed by atoms with E-state index >= 15 is 0 Å². The maximum atomic E-state index is 13.0. The summed E-state index contributed by atoms with van der Waals surface area (Å²) in [6, 6.07) is 0.349. The van der Waals surface area contributed by atoms with Gasteiger partial charge in [-0.05, 0) is 6.07 Å². The zero-order valence-corrected chi connectivity index (χ0v) is 7.26. The van der Waals surface area contributed by atoms with Gasteiger partial charge in [0.2, 0.25) is 0 Å². The van der Waals surface area contributed by atoms with E-state index < -0.39 is 41.4 Å². The first-order valence-corrected chi connectivity index (χ1v) is 3.83. The summed E-state index contributed by atoms with van der Waals surface area (Å²) >= 11 is 0. The molecule has 82 valence electrons. The van der Waals surface area contributed by atoms with E-state index in [0.717, 1.165) is 0 Å². The van der Waals surface area contributed by atoms with Crippen LogP contribution in [0.15, 0.2) is 10.9 Å². The molecule has 0 bridgehead atoms. The van der Waals surface area contributed by atoms with E-state index in [4.69, 9.17) is 5.11 Å². The van der Waals surface area contributed by atoms with Crippen molar-refractivity contribution < 1.29 is 23.1 Å². The van der Waals surface area contributed by atoms with Gasteiger partial charge in [-0.2, -0.15) is 0 Å². The number of carboxylic acid groups (broad SMARTS) is 1. The molecule has 0 aliphatic heterocycles. The lowest BCUT2D eigenvalue weighted by atomic mass is 10.2. The van der Waals surface area contributed by atoms with Crippen LogP contribution in [0.3, 0.4) is 0 Å². The molecule has 1 rings (SSSR count). The van der Waals surface area contributed by atoms with Crippen LogP contribution >= 0.6 is 0 Å². The molecule has 0 aliphatic rings. The van der Waals surface area contributed by atoms with Crippen molar-refractivity contribution in [3.8, 4) is 0 Å². The van der Waals surface area contributed by atoms with Crippen LogP contribution in [-0.2, 0) is 11.2 Å². The molecule has 0 saturated heterocycles. The predicted molar refractivity (Wildman–Crippen MR) is 43.3 cm³/mol. The Hall–Kier alpha value is -1.79. The third-order valence-electron chi connectivity index (χ3n) is 1.66. The van der Waals surface area contributed by atoms with Crippen LogP contribution in [0.25, 0.3) is 0 Å². The van der Waals surface area contributed by atoms with Gasteiger partial charge in [-0.15, -0.1) is 0 Å². The molecule has 0 fully saturated rings. The number of carboxylic acids is 1. The largest absolute Gasteiger partial charge is 0.481 e. The molecule has 0 amide bonds. The van der Waals surface area contributed by atoms with Gasteiger partial charge < -0.3 is 10.1 Å². The van der Waals surface area contributed by atoms with Crippen molar-refractivity contribution in [1.29, 1.82) is 0 Å². The van der Waals surface area contributed by atoms with E-state index in [1.807, 2.05) is 0 Å². The molecular formula is C8H6F3NO3. The molecule has 1 heterocycles. The summed E-state index contributed by atoms with van der Waals surface area (Å²) in [5.74, 6) is -2.53.